The first kappa shape index (κ1) is 13.9. The minimum absolute atomic E-state index is 0.00588. The number of rotatable bonds is 4. The fraction of sp³-hybridized carbons (Fsp3) is 0.467. The minimum Gasteiger partial charge on any atom is -0.482 e. The van der Waals surface area contributed by atoms with Crippen molar-refractivity contribution in [3.05, 3.63) is 24.3 Å². The Balaban J connectivity index is 1.60. The summed E-state index contributed by atoms with van der Waals surface area (Å²) in [6.07, 6.45) is 2.11. The Morgan fingerprint density at radius 3 is 3.05 bits per heavy atom. The second-order valence-corrected chi connectivity index (χ2v) is 5.18. The fourth-order valence-electron chi connectivity index (χ4n) is 2.56. The monoisotopic (exact) mass is 290 g/mol. The molecule has 1 saturated heterocycles. The maximum absolute atomic E-state index is 12.0. The molecule has 1 aromatic carbocycles. The average Bonchev–Trinajstić information content (AvgIpc) is 3.01. The van der Waals surface area contributed by atoms with Gasteiger partial charge in [0.15, 0.2) is 6.61 Å². The first-order chi connectivity index (χ1) is 10.2. The van der Waals surface area contributed by atoms with Crippen molar-refractivity contribution in [1.29, 1.82) is 0 Å². The Bertz CT molecular complexity index is 540. The minimum atomic E-state index is -0.207. The van der Waals surface area contributed by atoms with Gasteiger partial charge in [0.25, 0.3) is 5.91 Å². The lowest BCUT2D eigenvalue weighted by Crippen LogP contribution is -2.46. The van der Waals surface area contributed by atoms with E-state index >= 15 is 0 Å². The molecular formula is C15H18N2O4. The summed E-state index contributed by atoms with van der Waals surface area (Å²) in [6, 6.07) is 7.22. The van der Waals surface area contributed by atoms with Crippen molar-refractivity contribution in [2.75, 3.05) is 31.2 Å². The highest BCUT2D eigenvalue weighted by atomic mass is 16.5. The lowest BCUT2D eigenvalue weighted by Gasteiger charge is -2.28. The molecule has 1 atom stereocenters. The lowest BCUT2D eigenvalue weighted by molar-refractivity contribution is -0.125. The summed E-state index contributed by atoms with van der Waals surface area (Å²) >= 11 is 0. The molecule has 6 heteroatoms. The number of hydrogen-bond acceptors (Lipinski definition) is 4. The van der Waals surface area contributed by atoms with Crippen LogP contribution >= 0.6 is 0 Å². The van der Waals surface area contributed by atoms with Crippen LogP contribution < -0.4 is 15.0 Å². The van der Waals surface area contributed by atoms with Gasteiger partial charge in [0.1, 0.15) is 12.3 Å². The Morgan fingerprint density at radius 2 is 2.24 bits per heavy atom. The highest BCUT2D eigenvalue weighted by Gasteiger charge is 2.27. The van der Waals surface area contributed by atoms with Gasteiger partial charge in [0.2, 0.25) is 5.91 Å². The van der Waals surface area contributed by atoms with Gasteiger partial charge in [-0.2, -0.15) is 0 Å². The van der Waals surface area contributed by atoms with Crippen LogP contribution in [0.3, 0.4) is 0 Å². The number of anilines is 1. The molecule has 1 fully saturated rings. The molecule has 2 heterocycles. The molecule has 21 heavy (non-hydrogen) atoms. The molecule has 1 aromatic rings. The van der Waals surface area contributed by atoms with E-state index in [-0.39, 0.29) is 31.1 Å². The largest absolute Gasteiger partial charge is 0.482 e. The van der Waals surface area contributed by atoms with Crippen LogP contribution in [0.25, 0.3) is 0 Å². The summed E-state index contributed by atoms with van der Waals surface area (Å²) in [4.78, 5) is 25.4. The fourth-order valence-corrected chi connectivity index (χ4v) is 2.56. The van der Waals surface area contributed by atoms with Crippen LogP contribution in [0.1, 0.15) is 12.8 Å². The van der Waals surface area contributed by atoms with E-state index in [1.54, 1.807) is 12.1 Å². The summed E-state index contributed by atoms with van der Waals surface area (Å²) in [5.74, 6) is 0.237. The van der Waals surface area contributed by atoms with Gasteiger partial charge in [-0.1, -0.05) is 12.1 Å². The summed E-state index contributed by atoms with van der Waals surface area (Å²) in [5.41, 5.74) is 0.640. The van der Waals surface area contributed by atoms with Crippen LogP contribution in [0, 0.1) is 0 Å². The maximum Gasteiger partial charge on any atom is 0.265 e. The van der Waals surface area contributed by atoms with Crippen LogP contribution in [-0.2, 0) is 14.3 Å². The van der Waals surface area contributed by atoms with Gasteiger partial charge in [0.05, 0.1) is 11.8 Å². The number of carbonyl (C=O) groups is 2. The first-order valence-corrected chi connectivity index (χ1v) is 7.14. The third-order valence-corrected chi connectivity index (χ3v) is 3.66. The number of fused-ring (bicyclic) bond motifs is 1. The van der Waals surface area contributed by atoms with Crippen molar-refractivity contribution in [2.24, 2.45) is 0 Å². The number of para-hydroxylation sites is 2. The molecule has 0 radical (unpaired) electrons. The van der Waals surface area contributed by atoms with E-state index in [1.165, 1.54) is 4.90 Å². The number of benzene rings is 1. The number of ether oxygens (including phenoxy) is 2. The third kappa shape index (κ3) is 3.16. The molecule has 112 valence electrons. The number of nitrogens with one attached hydrogen (secondary N) is 1. The molecular weight excluding hydrogens is 272 g/mol. The molecule has 1 N–H and O–H groups in total. The lowest BCUT2D eigenvalue weighted by atomic mass is 10.2. The first-order valence-electron chi connectivity index (χ1n) is 7.14. The number of amides is 2. The standard InChI is InChI=1S/C15H18N2O4/c18-14(16-8-11-4-3-7-20-11)9-17-12-5-1-2-6-13(12)21-10-15(17)19/h1-2,5-6,11H,3-4,7-10H2,(H,16,18)/t11-/m0/s1. The zero-order valence-electron chi connectivity index (χ0n) is 11.7. The Morgan fingerprint density at radius 1 is 1.38 bits per heavy atom. The summed E-state index contributed by atoms with van der Waals surface area (Å²) in [5, 5.41) is 2.82. The van der Waals surface area contributed by atoms with Gasteiger partial charge < -0.3 is 14.8 Å². The van der Waals surface area contributed by atoms with Crippen LogP contribution in [0.4, 0.5) is 5.69 Å². The molecule has 0 saturated carbocycles. The second kappa shape index (κ2) is 6.13. The zero-order chi connectivity index (χ0) is 14.7. The van der Waals surface area contributed by atoms with Gasteiger partial charge >= 0.3 is 0 Å². The predicted molar refractivity (Wildman–Crippen MR) is 76.3 cm³/mol. The van der Waals surface area contributed by atoms with Crippen molar-refractivity contribution >= 4 is 17.5 Å². The Labute approximate surface area is 123 Å². The molecule has 0 aromatic heterocycles. The van der Waals surface area contributed by atoms with E-state index in [2.05, 4.69) is 5.32 Å². The molecule has 0 bridgehead atoms. The Hall–Kier alpha value is -2.08. The third-order valence-electron chi connectivity index (χ3n) is 3.66. The molecule has 0 aliphatic carbocycles. The van der Waals surface area contributed by atoms with E-state index in [4.69, 9.17) is 9.47 Å². The van der Waals surface area contributed by atoms with Crippen molar-refractivity contribution in [3.8, 4) is 5.75 Å². The molecule has 3 rings (SSSR count). The van der Waals surface area contributed by atoms with Crippen LogP contribution in [0.15, 0.2) is 24.3 Å². The number of nitrogens with zero attached hydrogens (tertiary/aromatic N) is 1. The van der Waals surface area contributed by atoms with Gasteiger partial charge in [-0.15, -0.1) is 0 Å². The molecule has 2 aliphatic rings. The second-order valence-electron chi connectivity index (χ2n) is 5.18. The summed E-state index contributed by atoms with van der Waals surface area (Å²) < 4.78 is 10.8. The maximum atomic E-state index is 12.0. The molecule has 2 amide bonds. The molecule has 6 nitrogen and oxygen atoms in total. The number of hydrogen-bond donors (Lipinski definition) is 1. The highest BCUT2D eigenvalue weighted by molar-refractivity contribution is 6.02. The van der Waals surface area contributed by atoms with Gasteiger partial charge in [-0.05, 0) is 25.0 Å². The van der Waals surface area contributed by atoms with Crippen molar-refractivity contribution < 1.29 is 19.1 Å². The SMILES string of the molecule is O=C(CN1C(=O)COc2ccccc21)NC[C@@H]1CCCO1. The van der Waals surface area contributed by atoms with Gasteiger partial charge in [0, 0.05) is 13.2 Å². The van der Waals surface area contributed by atoms with E-state index in [0.29, 0.717) is 18.0 Å². The van der Waals surface area contributed by atoms with Crippen molar-refractivity contribution in [2.45, 2.75) is 18.9 Å². The summed E-state index contributed by atoms with van der Waals surface area (Å²) in [7, 11) is 0. The van der Waals surface area contributed by atoms with Gasteiger partial charge in [-0.3, -0.25) is 14.5 Å². The van der Waals surface area contributed by atoms with E-state index < -0.39 is 0 Å². The van der Waals surface area contributed by atoms with Gasteiger partial charge in [-0.25, -0.2) is 0 Å². The molecule has 2 aliphatic heterocycles. The average molecular weight is 290 g/mol. The highest BCUT2D eigenvalue weighted by Crippen LogP contribution is 2.31. The van der Waals surface area contributed by atoms with Crippen LogP contribution in [-0.4, -0.2) is 44.2 Å². The summed E-state index contributed by atoms with van der Waals surface area (Å²) in [6.45, 7) is 1.23. The topological polar surface area (TPSA) is 67.9 Å². The van der Waals surface area contributed by atoms with Crippen LogP contribution in [0.5, 0.6) is 5.75 Å². The van der Waals surface area contributed by atoms with E-state index in [1.807, 2.05) is 12.1 Å². The van der Waals surface area contributed by atoms with Crippen molar-refractivity contribution in [1.82, 2.24) is 5.32 Å². The molecule has 0 unspecified atom stereocenters. The van der Waals surface area contributed by atoms with Crippen molar-refractivity contribution in [3.63, 3.8) is 0 Å². The normalized spacial score (nSPS) is 20.9. The molecule has 0 spiro atoms. The zero-order valence-corrected chi connectivity index (χ0v) is 11.7. The van der Waals surface area contributed by atoms with Crippen LogP contribution in [0.2, 0.25) is 0 Å². The quantitative estimate of drug-likeness (QED) is 0.886. The smallest absolute Gasteiger partial charge is 0.265 e. The van der Waals surface area contributed by atoms with E-state index in [0.717, 1.165) is 19.4 Å². The van der Waals surface area contributed by atoms with E-state index in [9.17, 15) is 9.59 Å². The number of carbonyl (C=O) groups excluding carboxylic acids is 2. The Kier molecular flexibility index (Phi) is 4.06. The predicted octanol–water partition coefficient (Wildman–Crippen LogP) is 0.707.